The first kappa shape index (κ1) is 53.1. The summed E-state index contributed by atoms with van der Waals surface area (Å²) in [6.07, 6.45) is 0. The van der Waals surface area contributed by atoms with Gasteiger partial charge in [0, 0.05) is 0 Å². The van der Waals surface area contributed by atoms with Crippen molar-refractivity contribution >= 4 is 44.8 Å². The molecule has 1 atom stereocenters. The fraction of sp³-hybridized carbons (Fsp3) is 0. The van der Waals surface area contributed by atoms with Crippen molar-refractivity contribution in [3.8, 4) is 0 Å². The normalized spacial score (nSPS) is 0. The molecule has 3 N–H and O–H groups in total. The summed E-state index contributed by atoms with van der Waals surface area (Å²) in [5.41, 5.74) is 0. The topological polar surface area (TPSA) is 35.0 Å². The van der Waals surface area contributed by atoms with Gasteiger partial charge in [-0.1, -0.05) is 0 Å². The average Bonchev–Trinajstić information content (AvgIpc) is 0. The Kier molecular flexibility index (Phi) is 343. The summed E-state index contributed by atoms with van der Waals surface area (Å²) >= 11 is 0. The van der Waals surface area contributed by atoms with Crippen LogP contribution in [0.1, 0.15) is 0 Å². The third kappa shape index (κ3) is 9.98. The minimum absolute atomic E-state index is 0. The van der Waals surface area contributed by atoms with Crippen molar-refractivity contribution in [2.45, 2.75) is 0 Å². The van der Waals surface area contributed by atoms with E-state index in [0.29, 0.717) is 0 Å². The van der Waals surface area contributed by atoms with E-state index < -0.39 is 0 Å². The Bertz CT molecular complexity index is 8.00. The van der Waals surface area contributed by atoms with Crippen molar-refractivity contribution in [2.24, 2.45) is 0 Å². The van der Waals surface area contributed by atoms with E-state index >= 15 is 0 Å². The zero-order valence-corrected chi connectivity index (χ0v) is 7.57. The van der Waals surface area contributed by atoms with Crippen molar-refractivity contribution in [1.29, 1.82) is 0 Å². The zero-order chi connectivity index (χ0) is 0. The Hall–Kier alpha value is 1.41. The molecule has 0 aromatic carbocycles. The standard InChI is InChI=1S/H3N.H3P.H4Si.Sn.2H/h2*1H3;1H4;;;. The van der Waals surface area contributed by atoms with Crippen LogP contribution in [0.3, 0.4) is 0 Å². The maximum absolute atomic E-state index is 0. The molecule has 1 nitrogen and oxygen atoms in total. The molecule has 0 fully saturated rings. The molecule has 0 saturated heterocycles. The van der Waals surface area contributed by atoms with Crippen LogP contribution in [0, 0.1) is 0 Å². The van der Waals surface area contributed by atoms with Gasteiger partial charge in [0.15, 0.2) is 0 Å². The zero-order valence-electron chi connectivity index (χ0n) is 2.12. The van der Waals surface area contributed by atoms with Gasteiger partial charge >= 0.3 is 23.9 Å². The molecular weight excluding hydrogens is 192 g/mol. The van der Waals surface area contributed by atoms with Crippen LogP contribution in [0.4, 0.5) is 0 Å². The van der Waals surface area contributed by atoms with Gasteiger partial charge in [0.2, 0.25) is 0 Å². The van der Waals surface area contributed by atoms with E-state index in [4.69, 9.17) is 0 Å². The molecular formula is H12NPSiSn. The van der Waals surface area contributed by atoms with Gasteiger partial charge in [-0.05, 0) is 11.0 Å². The monoisotopic (exact) mass is 205 g/mol. The third-order valence-corrected chi connectivity index (χ3v) is 0. The fourth-order valence-corrected chi connectivity index (χ4v) is 0. The maximum atomic E-state index is 0. The molecule has 30 valence electrons. The molecule has 0 spiro atoms. The molecule has 0 rings (SSSR count). The van der Waals surface area contributed by atoms with Crippen LogP contribution in [0.25, 0.3) is 0 Å². The first-order chi connectivity index (χ1) is 0. The van der Waals surface area contributed by atoms with Crippen molar-refractivity contribution < 1.29 is 0 Å². The molecule has 0 heterocycles. The predicted molar refractivity (Wildman–Crippen MR) is 36.0 cm³/mol. The SMILES string of the molecule is N.P.[SiH4].[SnH2]. The van der Waals surface area contributed by atoms with Gasteiger partial charge in [-0.15, -0.1) is 0 Å². The Morgan fingerprint density at radius 1 is 1.00 bits per heavy atom. The molecule has 0 aliphatic heterocycles. The van der Waals surface area contributed by atoms with Crippen molar-refractivity contribution in [1.82, 2.24) is 6.15 Å². The second-order valence-electron chi connectivity index (χ2n) is 0. The first-order valence-corrected chi connectivity index (χ1v) is 0. The van der Waals surface area contributed by atoms with Gasteiger partial charge in [-0.3, -0.25) is 0 Å². The molecule has 0 aromatic rings. The number of hydrogen-bond donors (Lipinski definition) is 1. The second-order valence-corrected chi connectivity index (χ2v) is 0. The Balaban J connectivity index is 0. The van der Waals surface area contributed by atoms with Crippen LogP contribution in [0.15, 0.2) is 0 Å². The van der Waals surface area contributed by atoms with Crippen LogP contribution >= 0.6 is 9.90 Å². The summed E-state index contributed by atoms with van der Waals surface area (Å²) < 4.78 is 0. The molecule has 4 heavy (non-hydrogen) atoms. The van der Waals surface area contributed by atoms with Gasteiger partial charge in [0.25, 0.3) is 0 Å². The molecule has 0 aliphatic rings. The minimum atomic E-state index is 0. The summed E-state index contributed by atoms with van der Waals surface area (Å²) in [4.78, 5) is 0. The predicted octanol–water partition coefficient (Wildman–Crippen LogP) is -2.15. The van der Waals surface area contributed by atoms with Gasteiger partial charge < -0.3 is 6.15 Å². The summed E-state index contributed by atoms with van der Waals surface area (Å²) in [5, 5.41) is 0. The van der Waals surface area contributed by atoms with Crippen molar-refractivity contribution in [3.63, 3.8) is 0 Å². The van der Waals surface area contributed by atoms with E-state index in [-0.39, 0.29) is 50.9 Å². The van der Waals surface area contributed by atoms with E-state index in [1.807, 2.05) is 0 Å². The van der Waals surface area contributed by atoms with Gasteiger partial charge in [-0.25, -0.2) is 0 Å². The van der Waals surface area contributed by atoms with Gasteiger partial charge in [-0.2, -0.15) is 9.90 Å². The number of hydrogen-bond acceptors (Lipinski definition) is 1. The quantitative estimate of drug-likeness (QED) is 0.354. The van der Waals surface area contributed by atoms with Gasteiger partial charge in [0.05, 0.1) is 0 Å². The van der Waals surface area contributed by atoms with Gasteiger partial charge in [0.1, 0.15) is 0 Å². The molecule has 0 saturated carbocycles. The van der Waals surface area contributed by atoms with E-state index in [9.17, 15) is 0 Å². The fourth-order valence-electron chi connectivity index (χ4n) is 0. The van der Waals surface area contributed by atoms with Crippen LogP contribution in [0.2, 0.25) is 0 Å². The van der Waals surface area contributed by atoms with Crippen LogP contribution in [0.5, 0.6) is 0 Å². The molecule has 0 bridgehead atoms. The van der Waals surface area contributed by atoms with E-state index in [0.717, 1.165) is 0 Å². The third-order valence-electron chi connectivity index (χ3n) is 0. The summed E-state index contributed by atoms with van der Waals surface area (Å²) in [6.45, 7) is 0. The van der Waals surface area contributed by atoms with E-state index in [2.05, 4.69) is 0 Å². The molecule has 0 aromatic heterocycles. The van der Waals surface area contributed by atoms with E-state index in [1.54, 1.807) is 0 Å². The van der Waals surface area contributed by atoms with E-state index in [1.165, 1.54) is 0 Å². The molecule has 0 aliphatic carbocycles. The summed E-state index contributed by atoms with van der Waals surface area (Å²) in [6, 6.07) is 0. The van der Waals surface area contributed by atoms with Crippen LogP contribution in [-0.4, -0.2) is 34.9 Å². The molecule has 1 unspecified atom stereocenters. The Labute approximate surface area is 51.1 Å². The average molecular weight is 204 g/mol. The molecule has 0 amide bonds. The molecule has 4 heteroatoms. The van der Waals surface area contributed by atoms with Crippen molar-refractivity contribution in [2.75, 3.05) is 0 Å². The number of rotatable bonds is 0. The van der Waals surface area contributed by atoms with Crippen LogP contribution < -0.4 is 6.15 Å². The Morgan fingerprint density at radius 2 is 1.00 bits per heavy atom. The second kappa shape index (κ2) is 25.9. The molecule has 2 radical (unpaired) electrons. The van der Waals surface area contributed by atoms with Crippen molar-refractivity contribution in [3.05, 3.63) is 0 Å². The summed E-state index contributed by atoms with van der Waals surface area (Å²) in [7, 11) is 0. The Morgan fingerprint density at radius 3 is 1.00 bits per heavy atom. The summed E-state index contributed by atoms with van der Waals surface area (Å²) in [5.74, 6) is 0. The van der Waals surface area contributed by atoms with Crippen LogP contribution in [-0.2, 0) is 0 Å². The first-order valence-electron chi connectivity index (χ1n) is 0.